The van der Waals surface area contributed by atoms with E-state index < -0.39 is 0 Å². The van der Waals surface area contributed by atoms with Gasteiger partial charge in [-0.3, -0.25) is 0 Å². The van der Waals surface area contributed by atoms with E-state index >= 15 is 0 Å². The Hall–Kier alpha value is -2.87. The predicted octanol–water partition coefficient (Wildman–Crippen LogP) is 3.48. The van der Waals surface area contributed by atoms with Crippen LogP contribution in [0.4, 0.5) is 4.39 Å². The minimum Gasteiger partial charge on any atom is -0.357 e. The summed E-state index contributed by atoms with van der Waals surface area (Å²) in [5.41, 5.74) is 2.34. The Morgan fingerprint density at radius 1 is 1.15 bits per heavy atom. The van der Waals surface area contributed by atoms with Crippen molar-refractivity contribution in [1.82, 2.24) is 10.6 Å². The largest absolute Gasteiger partial charge is 0.357 e. The number of aliphatic imine (C=N–C) groups is 1. The third-order valence-corrected chi connectivity index (χ3v) is 4.74. The van der Waals surface area contributed by atoms with E-state index in [0.29, 0.717) is 18.7 Å². The van der Waals surface area contributed by atoms with Crippen LogP contribution < -0.4 is 10.6 Å². The summed E-state index contributed by atoms with van der Waals surface area (Å²) in [5, 5.41) is 15.5. The van der Waals surface area contributed by atoms with Crippen LogP contribution in [-0.4, -0.2) is 19.0 Å². The van der Waals surface area contributed by atoms with Gasteiger partial charge in [-0.25, -0.2) is 9.38 Å². The van der Waals surface area contributed by atoms with Crippen LogP contribution in [0.25, 0.3) is 0 Å². The van der Waals surface area contributed by atoms with Crippen molar-refractivity contribution in [1.29, 1.82) is 5.26 Å². The van der Waals surface area contributed by atoms with Gasteiger partial charge in [-0.2, -0.15) is 5.26 Å². The number of nitrogens with one attached hydrogen (secondary N) is 2. The minimum absolute atomic E-state index is 0.129. The molecule has 134 valence electrons. The molecule has 4 nitrogen and oxygen atoms in total. The third kappa shape index (κ3) is 4.20. The summed E-state index contributed by atoms with van der Waals surface area (Å²) in [6, 6.07) is 16.5. The molecule has 0 saturated heterocycles. The van der Waals surface area contributed by atoms with Gasteiger partial charge >= 0.3 is 0 Å². The number of nitriles is 1. The molecule has 5 heteroatoms. The summed E-state index contributed by atoms with van der Waals surface area (Å²) in [6.45, 7) is 3.95. The van der Waals surface area contributed by atoms with Crippen LogP contribution in [0.1, 0.15) is 36.5 Å². The molecular weight excluding hydrogens is 327 g/mol. The van der Waals surface area contributed by atoms with Crippen molar-refractivity contribution in [3.8, 4) is 6.07 Å². The van der Waals surface area contributed by atoms with Crippen molar-refractivity contribution < 1.29 is 4.39 Å². The zero-order chi connectivity index (χ0) is 18.4. The molecule has 0 radical (unpaired) electrons. The van der Waals surface area contributed by atoms with Crippen molar-refractivity contribution in [2.45, 2.75) is 31.7 Å². The topological polar surface area (TPSA) is 60.2 Å². The first-order chi connectivity index (χ1) is 12.7. The van der Waals surface area contributed by atoms with Crippen molar-refractivity contribution >= 4 is 5.96 Å². The number of guanidine groups is 1. The number of halogens is 1. The summed E-state index contributed by atoms with van der Waals surface area (Å²) in [7, 11) is 0. The minimum atomic E-state index is -0.133. The van der Waals surface area contributed by atoms with E-state index in [4.69, 9.17) is 5.26 Å². The zero-order valence-electron chi connectivity index (χ0n) is 14.9. The molecule has 1 saturated carbocycles. The van der Waals surface area contributed by atoms with Crippen LogP contribution in [0.15, 0.2) is 53.5 Å². The van der Waals surface area contributed by atoms with Crippen LogP contribution in [0.3, 0.4) is 0 Å². The van der Waals surface area contributed by atoms with Crippen molar-refractivity contribution in [2.75, 3.05) is 13.1 Å². The molecule has 1 fully saturated rings. The third-order valence-electron chi connectivity index (χ3n) is 4.74. The van der Waals surface area contributed by atoms with Crippen LogP contribution in [0.2, 0.25) is 0 Å². The lowest BCUT2D eigenvalue weighted by molar-refractivity contribution is 0.559. The molecule has 0 aromatic heterocycles. The highest BCUT2D eigenvalue weighted by Gasteiger charge is 2.45. The average molecular weight is 350 g/mol. The molecule has 0 atom stereocenters. The Balaban J connectivity index is 1.65. The van der Waals surface area contributed by atoms with Gasteiger partial charge in [0.15, 0.2) is 5.96 Å². The summed E-state index contributed by atoms with van der Waals surface area (Å²) < 4.78 is 14.1. The lowest BCUT2D eigenvalue weighted by Gasteiger charge is -2.19. The van der Waals surface area contributed by atoms with Crippen LogP contribution >= 0.6 is 0 Å². The first-order valence-corrected chi connectivity index (χ1v) is 8.93. The molecule has 2 N–H and O–H groups in total. The van der Waals surface area contributed by atoms with Gasteiger partial charge in [-0.1, -0.05) is 30.3 Å². The molecule has 1 aliphatic rings. The summed E-state index contributed by atoms with van der Waals surface area (Å²) in [5.74, 6) is 0.589. The fourth-order valence-corrected chi connectivity index (χ4v) is 3.03. The maximum Gasteiger partial charge on any atom is 0.191 e. The molecule has 1 aliphatic carbocycles. The quantitative estimate of drug-likeness (QED) is 0.619. The standard InChI is InChI=1S/C21H23FN4/c1-2-24-20(25-14-17-9-7-16(13-23)8-10-17)26-15-21(11-12-21)18-5-3-4-6-19(18)22/h3-10H,2,11-12,14-15H2,1H3,(H2,24,25,26). The molecule has 2 aromatic carbocycles. The summed E-state index contributed by atoms with van der Waals surface area (Å²) in [4.78, 5) is 4.60. The van der Waals surface area contributed by atoms with E-state index in [0.717, 1.165) is 36.5 Å². The maximum atomic E-state index is 14.1. The molecule has 0 heterocycles. The van der Waals surface area contributed by atoms with E-state index in [1.165, 1.54) is 6.07 Å². The fourth-order valence-electron chi connectivity index (χ4n) is 3.03. The average Bonchev–Trinajstić information content (AvgIpc) is 3.46. The van der Waals surface area contributed by atoms with E-state index in [1.54, 1.807) is 18.2 Å². The van der Waals surface area contributed by atoms with Gasteiger partial charge in [0.25, 0.3) is 0 Å². The van der Waals surface area contributed by atoms with Gasteiger partial charge in [-0.15, -0.1) is 0 Å². The molecule has 0 aliphatic heterocycles. The van der Waals surface area contributed by atoms with Crippen molar-refractivity contribution in [3.05, 3.63) is 71.0 Å². The Bertz CT molecular complexity index is 817. The monoisotopic (exact) mass is 350 g/mol. The zero-order valence-corrected chi connectivity index (χ0v) is 14.9. The van der Waals surface area contributed by atoms with E-state index in [-0.39, 0.29) is 11.2 Å². The summed E-state index contributed by atoms with van der Waals surface area (Å²) >= 11 is 0. The molecule has 26 heavy (non-hydrogen) atoms. The normalized spacial score (nSPS) is 15.2. The molecule has 0 amide bonds. The SMILES string of the molecule is CCNC(=NCc1ccc(C#N)cc1)NCC1(c2ccccc2F)CC1. The molecule has 3 rings (SSSR count). The molecular formula is C21H23FN4. The predicted molar refractivity (Wildman–Crippen MR) is 101 cm³/mol. The first-order valence-electron chi connectivity index (χ1n) is 8.93. The van der Waals surface area contributed by atoms with Crippen LogP contribution in [-0.2, 0) is 12.0 Å². The highest BCUT2D eigenvalue weighted by atomic mass is 19.1. The second-order valence-electron chi connectivity index (χ2n) is 6.62. The summed E-state index contributed by atoms with van der Waals surface area (Å²) in [6.07, 6.45) is 1.96. The Morgan fingerprint density at radius 3 is 2.50 bits per heavy atom. The lowest BCUT2D eigenvalue weighted by Crippen LogP contribution is -2.41. The van der Waals surface area contributed by atoms with E-state index in [2.05, 4.69) is 21.7 Å². The van der Waals surface area contributed by atoms with E-state index in [9.17, 15) is 4.39 Å². The number of rotatable bonds is 6. The highest BCUT2D eigenvalue weighted by Crippen LogP contribution is 2.48. The van der Waals surface area contributed by atoms with Crippen LogP contribution in [0.5, 0.6) is 0 Å². The number of hydrogen-bond donors (Lipinski definition) is 2. The van der Waals surface area contributed by atoms with Gasteiger partial charge in [-0.05, 0) is 49.1 Å². The Labute approximate surface area is 153 Å². The number of hydrogen-bond acceptors (Lipinski definition) is 2. The highest BCUT2D eigenvalue weighted by molar-refractivity contribution is 5.80. The molecule has 0 unspecified atom stereocenters. The van der Waals surface area contributed by atoms with Gasteiger partial charge < -0.3 is 10.6 Å². The van der Waals surface area contributed by atoms with Crippen molar-refractivity contribution in [2.24, 2.45) is 4.99 Å². The fraction of sp³-hybridized carbons (Fsp3) is 0.333. The smallest absolute Gasteiger partial charge is 0.191 e. The lowest BCUT2D eigenvalue weighted by atomic mass is 9.95. The van der Waals surface area contributed by atoms with Gasteiger partial charge in [0.2, 0.25) is 0 Å². The molecule has 2 aromatic rings. The second kappa shape index (κ2) is 8.01. The second-order valence-corrected chi connectivity index (χ2v) is 6.62. The first kappa shape index (κ1) is 17.9. The van der Waals surface area contributed by atoms with E-state index in [1.807, 2.05) is 31.2 Å². The maximum absolute atomic E-state index is 14.1. The molecule has 0 bridgehead atoms. The van der Waals surface area contributed by atoms with Gasteiger partial charge in [0.05, 0.1) is 18.2 Å². The van der Waals surface area contributed by atoms with Crippen molar-refractivity contribution in [3.63, 3.8) is 0 Å². The van der Waals surface area contributed by atoms with Gasteiger partial charge in [0.1, 0.15) is 5.82 Å². The Morgan fingerprint density at radius 2 is 1.88 bits per heavy atom. The van der Waals surface area contributed by atoms with Crippen LogP contribution in [0, 0.1) is 17.1 Å². The number of benzene rings is 2. The number of nitrogens with zero attached hydrogens (tertiary/aromatic N) is 2. The Kier molecular flexibility index (Phi) is 5.52. The van der Waals surface area contributed by atoms with Gasteiger partial charge in [0, 0.05) is 18.5 Å². The molecule has 0 spiro atoms.